The number of ether oxygens (including phenoxy) is 1. The van der Waals surface area contributed by atoms with Crippen molar-refractivity contribution >= 4 is 11.7 Å². The Hall–Kier alpha value is -1.91. The highest BCUT2D eigenvalue weighted by Crippen LogP contribution is 2.26. The summed E-state index contributed by atoms with van der Waals surface area (Å²) < 4.78 is 5.31. The van der Waals surface area contributed by atoms with E-state index in [-0.39, 0.29) is 6.03 Å². The minimum atomic E-state index is 0.112. The molecule has 2 heterocycles. The first-order chi connectivity index (χ1) is 11.7. The SMILES string of the molecule is COc1cccc(N2CC[C@@H](CNC(=O)N3CCC[C@@H](C)C3)C2)c1. The monoisotopic (exact) mass is 331 g/mol. The van der Waals surface area contributed by atoms with E-state index in [4.69, 9.17) is 4.74 Å². The molecule has 1 N–H and O–H groups in total. The van der Waals surface area contributed by atoms with Gasteiger partial charge in [-0.05, 0) is 43.2 Å². The molecule has 2 amide bonds. The normalized spacial score (nSPS) is 24.1. The van der Waals surface area contributed by atoms with Crippen LogP contribution >= 0.6 is 0 Å². The van der Waals surface area contributed by atoms with E-state index in [1.54, 1.807) is 7.11 Å². The maximum atomic E-state index is 12.3. The fraction of sp³-hybridized carbons (Fsp3) is 0.632. The van der Waals surface area contributed by atoms with Crippen LogP contribution in [0.25, 0.3) is 0 Å². The molecule has 0 bridgehead atoms. The Balaban J connectivity index is 1.46. The van der Waals surface area contributed by atoms with Crippen LogP contribution in [0.5, 0.6) is 5.75 Å². The number of carbonyl (C=O) groups is 1. The molecule has 0 aromatic heterocycles. The minimum Gasteiger partial charge on any atom is -0.497 e. The van der Waals surface area contributed by atoms with Gasteiger partial charge in [0.25, 0.3) is 0 Å². The molecule has 2 fully saturated rings. The van der Waals surface area contributed by atoms with Gasteiger partial charge in [0.15, 0.2) is 0 Å². The molecule has 1 aromatic carbocycles. The molecule has 2 aliphatic rings. The van der Waals surface area contributed by atoms with Crippen LogP contribution in [0.4, 0.5) is 10.5 Å². The molecule has 5 heteroatoms. The predicted molar refractivity (Wildman–Crippen MR) is 96.7 cm³/mol. The van der Waals surface area contributed by atoms with Gasteiger partial charge in [-0.2, -0.15) is 0 Å². The molecule has 2 aliphatic heterocycles. The lowest BCUT2D eigenvalue weighted by atomic mass is 10.0. The standard InChI is InChI=1S/C19H29N3O2/c1-15-5-4-9-22(13-15)19(23)20-12-16-8-10-21(14-16)17-6-3-7-18(11-17)24-2/h3,6-7,11,15-16H,4-5,8-10,12-14H2,1-2H3,(H,20,23)/t15-,16+/m1/s1. The van der Waals surface area contributed by atoms with Gasteiger partial charge in [0, 0.05) is 44.5 Å². The zero-order valence-electron chi connectivity index (χ0n) is 14.8. The first kappa shape index (κ1) is 16.9. The van der Waals surface area contributed by atoms with Crippen LogP contribution in [-0.4, -0.2) is 50.8 Å². The van der Waals surface area contributed by atoms with Crippen molar-refractivity contribution in [1.82, 2.24) is 10.2 Å². The number of amides is 2. The molecule has 2 saturated heterocycles. The molecular formula is C19H29N3O2. The predicted octanol–water partition coefficient (Wildman–Crippen LogP) is 2.96. The molecule has 3 rings (SSSR count). The largest absolute Gasteiger partial charge is 0.497 e. The number of urea groups is 1. The Morgan fingerprint density at radius 1 is 1.29 bits per heavy atom. The van der Waals surface area contributed by atoms with Gasteiger partial charge in [-0.3, -0.25) is 0 Å². The van der Waals surface area contributed by atoms with Crippen LogP contribution in [0.3, 0.4) is 0 Å². The van der Waals surface area contributed by atoms with Crippen molar-refractivity contribution in [2.24, 2.45) is 11.8 Å². The third-order valence-electron chi connectivity index (χ3n) is 5.19. The van der Waals surface area contributed by atoms with Crippen molar-refractivity contribution in [2.45, 2.75) is 26.2 Å². The van der Waals surface area contributed by atoms with Crippen molar-refractivity contribution in [3.63, 3.8) is 0 Å². The summed E-state index contributed by atoms with van der Waals surface area (Å²) in [6.07, 6.45) is 3.48. The summed E-state index contributed by atoms with van der Waals surface area (Å²) in [6.45, 7) is 6.81. The van der Waals surface area contributed by atoms with Crippen molar-refractivity contribution < 1.29 is 9.53 Å². The van der Waals surface area contributed by atoms with Gasteiger partial charge in [0.05, 0.1) is 7.11 Å². The van der Waals surface area contributed by atoms with Crippen LogP contribution < -0.4 is 15.0 Å². The van der Waals surface area contributed by atoms with Crippen molar-refractivity contribution in [3.05, 3.63) is 24.3 Å². The smallest absolute Gasteiger partial charge is 0.317 e. The number of nitrogens with zero attached hydrogens (tertiary/aromatic N) is 2. The summed E-state index contributed by atoms with van der Waals surface area (Å²) in [5.41, 5.74) is 1.20. The molecular weight excluding hydrogens is 302 g/mol. The van der Waals surface area contributed by atoms with E-state index in [0.717, 1.165) is 51.3 Å². The second kappa shape index (κ2) is 7.77. The Kier molecular flexibility index (Phi) is 5.48. The van der Waals surface area contributed by atoms with Crippen LogP contribution in [0.1, 0.15) is 26.2 Å². The number of methoxy groups -OCH3 is 1. The average molecular weight is 331 g/mol. The topological polar surface area (TPSA) is 44.8 Å². The van der Waals surface area contributed by atoms with Crippen molar-refractivity contribution in [1.29, 1.82) is 0 Å². The molecule has 0 aliphatic carbocycles. The highest BCUT2D eigenvalue weighted by Gasteiger charge is 2.25. The average Bonchev–Trinajstić information content (AvgIpc) is 3.09. The lowest BCUT2D eigenvalue weighted by Gasteiger charge is -2.31. The number of carbonyl (C=O) groups excluding carboxylic acids is 1. The van der Waals surface area contributed by atoms with Crippen LogP contribution in [-0.2, 0) is 0 Å². The molecule has 5 nitrogen and oxygen atoms in total. The summed E-state index contributed by atoms with van der Waals surface area (Å²) in [5, 5.41) is 3.15. The van der Waals surface area contributed by atoms with E-state index in [0.29, 0.717) is 11.8 Å². The quantitative estimate of drug-likeness (QED) is 0.922. The summed E-state index contributed by atoms with van der Waals surface area (Å²) in [6, 6.07) is 8.31. The zero-order valence-corrected chi connectivity index (χ0v) is 14.8. The fourth-order valence-corrected chi connectivity index (χ4v) is 3.76. The Labute approximate surface area is 145 Å². The van der Waals surface area contributed by atoms with E-state index in [2.05, 4.69) is 29.3 Å². The summed E-state index contributed by atoms with van der Waals surface area (Å²) >= 11 is 0. The number of piperidine rings is 1. The Morgan fingerprint density at radius 3 is 2.96 bits per heavy atom. The third kappa shape index (κ3) is 4.13. The Bertz CT molecular complexity index is 563. The highest BCUT2D eigenvalue weighted by molar-refractivity contribution is 5.74. The summed E-state index contributed by atoms with van der Waals surface area (Å²) in [4.78, 5) is 16.7. The van der Waals surface area contributed by atoms with Crippen molar-refractivity contribution in [2.75, 3.05) is 44.7 Å². The van der Waals surface area contributed by atoms with E-state index in [1.165, 1.54) is 12.1 Å². The van der Waals surface area contributed by atoms with Gasteiger partial charge in [0.1, 0.15) is 5.75 Å². The maximum Gasteiger partial charge on any atom is 0.317 e. The van der Waals surface area contributed by atoms with Gasteiger partial charge in [0.2, 0.25) is 0 Å². The molecule has 0 unspecified atom stereocenters. The van der Waals surface area contributed by atoms with Gasteiger partial charge in [-0.1, -0.05) is 13.0 Å². The number of hydrogen-bond acceptors (Lipinski definition) is 3. The lowest BCUT2D eigenvalue weighted by Crippen LogP contribution is -2.46. The van der Waals surface area contributed by atoms with E-state index < -0.39 is 0 Å². The molecule has 0 spiro atoms. The minimum absolute atomic E-state index is 0.112. The summed E-state index contributed by atoms with van der Waals surface area (Å²) in [5.74, 6) is 2.03. The molecule has 0 radical (unpaired) electrons. The van der Waals surface area contributed by atoms with E-state index in [9.17, 15) is 4.79 Å². The first-order valence-electron chi connectivity index (χ1n) is 9.07. The van der Waals surface area contributed by atoms with E-state index >= 15 is 0 Å². The molecule has 1 aromatic rings. The van der Waals surface area contributed by atoms with E-state index in [1.807, 2.05) is 17.0 Å². The summed E-state index contributed by atoms with van der Waals surface area (Å²) in [7, 11) is 1.70. The second-order valence-electron chi connectivity index (χ2n) is 7.18. The van der Waals surface area contributed by atoms with Gasteiger partial charge in [-0.25, -0.2) is 4.79 Å². The first-order valence-corrected chi connectivity index (χ1v) is 9.07. The number of anilines is 1. The van der Waals surface area contributed by atoms with Crippen LogP contribution in [0, 0.1) is 11.8 Å². The highest BCUT2D eigenvalue weighted by atomic mass is 16.5. The van der Waals surface area contributed by atoms with Gasteiger partial charge in [-0.15, -0.1) is 0 Å². The molecule has 0 saturated carbocycles. The molecule has 132 valence electrons. The number of rotatable bonds is 4. The number of hydrogen-bond donors (Lipinski definition) is 1. The molecule has 24 heavy (non-hydrogen) atoms. The van der Waals surface area contributed by atoms with Crippen LogP contribution in [0.2, 0.25) is 0 Å². The molecule has 2 atom stereocenters. The van der Waals surface area contributed by atoms with Gasteiger partial charge < -0.3 is 19.9 Å². The Morgan fingerprint density at radius 2 is 2.17 bits per heavy atom. The maximum absolute atomic E-state index is 12.3. The zero-order chi connectivity index (χ0) is 16.9. The van der Waals surface area contributed by atoms with Gasteiger partial charge >= 0.3 is 6.03 Å². The lowest BCUT2D eigenvalue weighted by molar-refractivity contribution is 0.168. The number of benzene rings is 1. The number of likely N-dealkylation sites (tertiary alicyclic amines) is 1. The fourth-order valence-electron chi connectivity index (χ4n) is 3.76. The van der Waals surface area contributed by atoms with Crippen molar-refractivity contribution in [3.8, 4) is 5.75 Å². The van der Waals surface area contributed by atoms with Crippen LogP contribution in [0.15, 0.2) is 24.3 Å². The third-order valence-corrected chi connectivity index (χ3v) is 5.19. The number of nitrogens with one attached hydrogen (secondary N) is 1. The second-order valence-corrected chi connectivity index (χ2v) is 7.18.